The molecule has 1 heterocycles. The molecule has 0 aliphatic rings. The van der Waals surface area contributed by atoms with Gasteiger partial charge in [0.15, 0.2) is 0 Å². The minimum absolute atomic E-state index is 0.0409. The number of hydrogen-bond acceptors (Lipinski definition) is 5. The molecule has 3 aromatic rings. The number of aromatic nitrogens is 2. The normalized spacial score (nSPS) is 11.6. The number of hydrogen-bond donors (Lipinski definition) is 0. The van der Waals surface area contributed by atoms with E-state index in [0.29, 0.717) is 5.69 Å². The van der Waals surface area contributed by atoms with Crippen LogP contribution in [0.3, 0.4) is 0 Å². The quantitative estimate of drug-likeness (QED) is 0.550. The minimum atomic E-state index is -4.03. The Kier molecular flexibility index (Phi) is 5.79. The lowest BCUT2D eigenvalue weighted by atomic mass is 10.0. The van der Waals surface area contributed by atoms with Crippen molar-refractivity contribution in [2.75, 3.05) is 0 Å². The highest BCUT2D eigenvalue weighted by Gasteiger charge is 2.18. The van der Waals surface area contributed by atoms with Gasteiger partial charge >= 0.3 is 10.1 Å². The van der Waals surface area contributed by atoms with Crippen molar-refractivity contribution in [1.29, 1.82) is 0 Å². The van der Waals surface area contributed by atoms with Crippen molar-refractivity contribution in [1.82, 2.24) is 9.78 Å². The van der Waals surface area contributed by atoms with Crippen LogP contribution in [0.5, 0.6) is 5.75 Å². The van der Waals surface area contributed by atoms with Gasteiger partial charge in [-0.1, -0.05) is 49.2 Å². The van der Waals surface area contributed by atoms with E-state index in [2.05, 4.69) is 5.10 Å². The van der Waals surface area contributed by atoms with Crippen molar-refractivity contribution in [3.05, 3.63) is 80.7 Å². The zero-order chi connectivity index (χ0) is 20.5. The van der Waals surface area contributed by atoms with E-state index in [1.54, 1.807) is 18.2 Å². The molecule has 0 spiro atoms. The van der Waals surface area contributed by atoms with Gasteiger partial charge in [-0.25, -0.2) is 0 Å². The summed E-state index contributed by atoms with van der Waals surface area (Å²) in [6.45, 7) is 4.01. The van der Waals surface area contributed by atoms with Crippen LogP contribution in [0.25, 0.3) is 5.69 Å². The maximum absolute atomic E-state index is 12.6. The van der Waals surface area contributed by atoms with Crippen LogP contribution in [0, 0.1) is 0 Å². The van der Waals surface area contributed by atoms with Gasteiger partial charge in [0.05, 0.1) is 16.9 Å². The topological polar surface area (TPSA) is 78.3 Å². The summed E-state index contributed by atoms with van der Waals surface area (Å²) in [7, 11) is -4.03. The third-order valence-corrected chi connectivity index (χ3v) is 5.99. The van der Waals surface area contributed by atoms with Crippen LogP contribution in [0.15, 0.2) is 64.4 Å². The summed E-state index contributed by atoms with van der Waals surface area (Å²) in [6, 6.07) is 12.4. The van der Waals surface area contributed by atoms with Crippen LogP contribution in [0.1, 0.15) is 25.3 Å². The van der Waals surface area contributed by atoms with Gasteiger partial charge in [0.1, 0.15) is 15.7 Å². The molecule has 28 heavy (non-hydrogen) atoms. The first-order valence-corrected chi connectivity index (χ1v) is 10.4. The molecule has 0 atom stereocenters. The van der Waals surface area contributed by atoms with Crippen molar-refractivity contribution in [2.24, 2.45) is 0 Å². The summed E-state index contributed by atoms with van der Waals surface area (Å²) >= 11 is 11.6. The third-order valence-electron chi connectivity index (χ3n) is 3.98. The van der Waals surface area contributed by atoms with Crippen molar-refractivity contribution in [3.63, 3.8) is 0 Å². The predicted octanol–water partition coefficient (Wildman–Crippen LogP) is 4.43. The van der Waals surface area contributed by atoms with E-state index in [9.17, 15) is 13.2 Å². The van der Waals surface area contributed by atoms with E-state index in [4.69, 9.17) is 27.4 Å². The second-order valence-corrected chi connectivity index (χ2v) is 8.61. The predicted molar refractivity (Wildman–Crippen MR) is 108 cm³/mol. The zero-order valence-electron chi connectivity index (χ0n) is 15.0. The highest BCUT2D eigenvalue weighted by Crippen LogP contribution is 2.24. The number of halogens is 2. The monoisotopic (exact) mass is 438 g/mol. The van der Waals surface area contributed by atoms with Gasteiger partial charge in [0.2, 0.25) is 0 Å². The SMILES string of the molecule is CC(C)c1cccc(OS(=O)(=O)c2ccc(-n3ncc(Cl)c(Cl)c3=O)cc2)c1. The van der Waals surface area contributed by atoms with Gasteiger partial charge in [-0.05, 0) is 47.9 Å². The van der Waals surface area contributed by atoms with Crippen LogP contribution in [-0.4, -0.2) is 18.2 Å². The minimum Gasteiger partial charge on any atom is -0.379 e. The molecule has 0 amide bonds. The Bertz CT molecular complexity index is 1170. The molecule has 0 saturated carbocycles. The molecule has 9 heteroatoms. The van der Waals surface area contributed by atoms with Gasteiger partial charge in [-0.3, -0.25) is 4.79 Å². The smallest absolute Gasteiger partial charge is 0.339 e. The largest absolute Gasteiger partial charge is 0.379 e. The molecule has 1 aromatic heterocycles. The number of rotatable bonds is 5. The zero-order valence-corrected chi connectivity index (χ0v) is 17.3. The van der Waals surface area contributed by atoms with E-state index in [1.165, 1.54) is 30.5 Å². The Morgan fingerprint density at radius 3 is 2.39 bits per heavy atom. The van der Waals surface area contributed by atoms with Crippen molar-refractivity contribution in [2.45, 2.75) is 24.7 Å². The van der Waals surface area contributed by atoms with E-state index in [-0.39, 0.29) is 26.6 Å². The third kappa shape index (κ3) is 4.22. The van der Waals surface area contributed by atoms with Crippen molar-refractivity contribution < 1.29 is 12.6 Å². The van der Waals surface area contributed by atoms with Crippen molar-refractivity contribution >= 4 is 33.3 Å². The standard InChI is InChI=1S/C19H16Cl2N2O4S/c1-12(2)13-4-3-5-15(10-13)27-28(25,26)16-8-6-14(7-9-16)23-19(24)18(21)17(20)11-22-23/h3-12H,1-2H3. The van der Waals surface area contributed by atoms with E-state index in [0.717, 1.165) is 10.2 Å². The van der Waals surface area contributed by atoms with Crippen LogP contribution in [0.2, 0.25) is 10.0 Å². The second kappa shape index (κ2) is 7.95. The fourth-order valence-corrected chi connectivity index (χ4v) is 3.63. The summed E-state index contributed by atoms with van der Waals surface area (Å²) in [5.41, 5.74) is 0.698. The molecule has 0 unspecified atom stereocenters. The molecule has 0 saturated heterocycles. The molecule has 0 aliphatic heterocycles. The highest BCUT2D eigenvalue weighted by atomic mass is 35.5. The van der Waals surface area contributed by atoms with E-state index >= 15 is 0 Å². The molecule has 0 fully saturated rings. The molecular weight excluding hydrogens is 423 g/mol. The molecule has 0 bridgehead atoms. The second-order valence-electron chi connectivity index (χ2n) is 6.28. The maximum Gasteiger partial charge on any atom is 0.339 e. The first kappa shape index (κ1) is 20.4. The first-order valence-electron chi connectivity index (χ1n) is 8.27. The lowest BCUT2D eigenvalue weighted by Crippen LogP contribution is -2.21. The Hall–Kier alpha value is -2.35. The number of nitrogens with zero attached hydrogens (tertiary/aromatic N) is 2. The molecular formula is C19H16Cl2N2O4S. The summed E-state index contributed by atoms with van der Waals surface area (Å²) in [5.74, 6) is 0.472. The summed E-state index contributed by atoms with van der Waals surface area (Å²) < 4.78 is 31.4. The number of benzene rings is 2. The Labute approximate surface area is 172 Å². The average molecular weight is 439 g/mol. The Balaban J connectivity index is 1.89. The molecule has 0 aliphatic carbocycles. The fraction of sp³-hybridized carbons (Fsp3) is 0.158. The molecule has 6 nitrogen and oxygen atoms in total. The molecule has 0 N–H and O–H groups in total. The fourth-order valence-electron chi connectivity index (χ4n) is 2.45. The average Bonchev–Trinajstić information content (AvgIpc) is 2.66. The Morgan fingerprint density at radius 1 is 1.07 bits per heavy atom. The first-order chi connectivity index (χ1) is 13.2. The Morgan fingerprint density at radius 2 is 1.75 bits per heavy atom. The molecule has 3 rings (SSSR count). The summed E-state index contributed by atoms with van der Waals surface area (Å²) in [6.07, 6.45) is 1.24. The molecule has 146 valence electrons. The van der Waals surface area contributed by atoms with E-state index in [1.807, 2.05) is 19.9 Å². The lowest BCUT2D eigenvalue weighted by molar-refractivity contribution is 0.485. The molecule has 0 radical (unpaired) electrons. The van der Waals surface area contributed by atoms with Gasteiger partial charge in [-0.15, -0.1) is 0 Å². The maximum atomic E-state index is 12.6. The summed E-state index contributed by atoms with van der Waals surface area (Å²) in [4.78, 5) is 12.1. The molecule has 2 aromatic carbocycles. The van der Waals surface area contributed by atoms with E-state index < -0.39 is 15.7 Å². The van der Waals surface area contributed by atoms with Crippen LogP contribution < -0.4 is 9.74 Å². The highest BCUT2D eigenvalue weighted by molar-refractivity contribution is 7.87. The van der Waals surface area contributed by atoms with Crippen LogP contribution in [-0.2, 0) is 10.1 Å². The van der Waals surface area contributed by atoms with Gasteiger partial charge in [-0.2, -0.15) is 18.2 Å². The van der Waals surface area contributed by atoms with Crippen molar-refractivity contribution in [3.8, 4) is 11.4 Å². The van der Waals surface area contributed by atoms with Gasteiger partial charge < -0.3 is 4.18 Å². The van der Waals surface area contributed by atoms with Crippen LogP contribution in [0.4, 0.5) is 0 Å². The lowest BCUT2D eigenvalue weighted by Gasteiger charge is -2.11. The van der Waals surface area contributed by atoms with Gasteiger partial charge in [0.25, 0.3) is 5.56 Å². The van der Waals surface area contributed by atoms with Gasteiger partial charge in [0, 0.05) is 0 Å². The van der Waals surface area contributed by atoms with Crippen LogP contribution >= 0.6 is 23.2 Å². The summed E-state index contributed by atoms with van der Waals surface area (Å²) in [5, 5.41) is 3.78.